The summed E-state index contributed by atoms with van der Waals surface area (Å²) in [4.78, 5) is 7.51. The minimum atomic E-state index is 1.13. The smallest absolute Gasteiger partial charge is 0.0991 e. The predicted molar refractivity (Wildman–Crippen MR) is 72.9 cm³/mol. The van der Waals surface area contributed by atoms with Crippen LogP contribution >= 0.6 is 0 Å². The second-order valence-electron chi connectivity index (χ2n) is 4.37. The molecule has 18 heavy (non-hydrogen) atoms. The van der Waals surface area contributed by atoms with Crippen molar-refractivity contribution in [2.45, 2.75) is 0 Å². The lowest BCUT2D eigenvalue weighted by Crippen LogP contribution is -1.88. The number of aromatic amines is 1. The van der Waals surface area contributed by atoms with Crippen LogP contribution in [0.4, 0.5) is 0 Å². The van der Waals surface area contributed by atoms with Gasteiger partial charge in [-0.1, -0.05) is 18.2 Å². The summed E-state index contributed by atoms with van der Waals surface area (Å²) in [5.41, 5.74) is 3.47. The second kappa shape index (κ2) is 3.47. The number of para-hydroxylation sites is 1. The third kappa shape index (κ3) is 1.27. The number of rotatable bonds is 1. The number of fused-ring (bicyclic) bond motifs is 3. The van der Waals surface area contributed by atoms with Gasteiger partial charge in [-0.25, -0.2) is 4.98 Å². The fraction of sp³-hybridized carbons (Fsp3) is 0. The molecule has 0 aliphatic heterocycles. The van der Waals surface area contributed by atoms with E-state index in [0.717, 1.165) is 5.69 Å². The van der Waals surface area contributed by atoms with Crippen LogP contribution in [0.25, 0.3) is 27.5 Å². The summed E-state index contributed by atoms with van der Waals surface area (Å²) in [6.07, 6.45) is 5.56. The Morgan fingerprint density at radius 1 is 0.944 bits per heavy atom. The Morgan fingerprint density at radius 3 is 2.72 bits per heavy atom. The first-order chi connectivity index (χ1) is 8.92. The van der Waals surface area contributed by atoms with Crippen LogP contribution in [0.1, 0.15) is 0 Å². The van der Waals surface area contributed by atoms with Crippen molar-refractivity contribution in [3.8, 4) is 5.69 Å². The molecular formula is C15H11N3. The van der Waals surface area contributed by atoms with E-state index in [9.17, 15) is 0 Å². The predicted octanol–water partition coefficient (Wildman–Crippen LogP) is 3.51. The molecule has 0 spiro atoms. The molecule has 4 aromatic rings. The third-order valence-electron chi connectivity index (χ3n) is 3.29. The van der Waals surface area contributed by atoms with Crippen LogP contribution in [0.3, 0.4) is 0 Å². The van der Waals surface area contributed by atoms with Gasteiger partial charge < -0.3 is 9.55 Å². The molecule has 0 fully saturated rings. The molecule has 0 unspecified atom stereocenters. The van der Waals surface area contributed by atoms with Crippen molar-refractivity contribution in [1.82, 2.24) is 14.5 Å². The summed E-state index contributed by atoms with van der Waals surface area (Å²) >= 11 is 0. The van der Waals surface area contributed by atoms with Crippen LogP contribution in [-0.4, -0.2) is 14.5 Å². The zero-order valence-electron chi connectivity index (χ0n) is 9.67. The molecule has 0 saturated carbocycles. The SMILES string of the molecule is c1ccc2c(c1)[nH]c1ccc(-n3ccnc3)cc12. The normalized spacial score (nSPS) is 11.3. The Bertz CT molecular complexity index is 825. The van der Waals surface area contributed by atoms with Crippen molar-refractivity contribution in [2.75, 3.05) is 0 Å². The van der Waals surface area contributed by atoms with Gasteiger partial charge in [0, 0.05) is 39.9 Å². The van der Waals surface area contributed by atoms with Crippen molar-refractivity contribution in [1.29, 1.82) is 0 Å². The van der Waals surface area contributed by atoms with E-state index >= 15 is 0 Å². The van der Waals surface area contributed by atoms with Gasteiger partial charge in [0.15, 0.2) is 0 Å². The van der Waals surface area contributed by atoms with E-state index < -0.39 is 0 Å². The maximum absolute atomic E-state index is 4.08. The molecule has 0 bridgehead atoms. The van der Waals surface area contributed by atoms with E-state index in [0.29, 0.717) is 0 Å². The standard InChI is InChI=1S/C15H11N3/c1-2-4-14-12(3-1)13-9-11(5-6-15(13)17-14)18-8-7-16-10-18/h1-10,17H. The first-order valence-electron chi connectivity index (χ1n) is 5.91. The van der Waals surface area contributed by atoms with E-state index in [4.69, 9.17) is 0 Å². The summed E-state index contributed by atoms with van der Waals surface area (Å²) in [6, 6.07) is 14.8. The maximum Gasteiger partial charge on any atom is 0.0991 e. The van der Waals surface area contributed by atoms with Gasteiger partial charge in [-0.3, -0.25) is 0 Å². The zero-order chi connectivity index (χ0) is 11.9. The summed E-state index contributed by atoms with van der Waals surface area (Å²) < 4.78 is 2.02. The fourth-order valence-electron chi connectivity index (χ4n) is 2.41. The maximum atomic E-state index is 4.08. The Hall–Kier alpha value is -2.55. The quantitative estimate of drug-likeness (QED) is 0.536. The van der Waals surface area contributed by atoms with Crippen molar-refractivity contribution in [3.05, 3.63) is 61.2 Å². The third-order valence-corrected chi connectivity index (χ3v) is 3.29. The average Bonchev–Trinajstić information content (AvgIpc) is 3.05. The average molecular weight is 233 g/mol. The number of nitrogens with zero attached hydrogens (tertiary/aromatic N) is 2. The van der Waals surface area contributed by atoms with Gasteiger partial charge in [0.25, 0.3) is 0 Å². The van der Waals surface area contributed by atoms with Crippen molar-refractivity contribution in [2.24, 2.45) is 0 Å². The monoisotopic (exact) mass is 233 g/mol. The van der Waals surface area contributed by atoms with Crippen LogP contribution in [0.15, 0.2) is 61.2 Å². The van der Waals surface area contributed by atoms with Gasteiger partial charge in [0.2, 0.25) is 0 Å². The lowest BCUT2D eigenvalue weighted by atomic mass is 10.1. The summed E-state index contributed by atoms with van der Waals surface area (Å²) in [5.74, 6) is 0. The van der Waals surface area contributed by atoms with Gasteiger partial charge >= 0.3 is 0 Å². The van der Waals surface area contributed by atoms with E-state index in [1.165, 1.54) is 21.8 Å². The Balaban J connectivity index is 2.07. The molecule has 0 amide bonds. The molecule has 0 radical (unpaired) electrons. The molecule has 3 nitrogen and oxygen atoms in total. The summed E-state index contributed by atoms with van der Waals surface area (Å²) in [6.45, 7) is 0. The van der Waals surface area contributed by atoms with Gasteiger partial charge in [-0.2, -0.15) is 0 Å². The molecular weight excluding hydrogens is 222 g/mol. The minimum absolute atomic E-state index is 1.13. The summed E-state index contributed by atoms with van der Waals surface area (Å²) in [5, 5.41) is 2.51. The van der Waals surface area contributed by atoms with Gasteiger partial charge in [0.05, 0.1) is 6.33 Å². The number of hydrogen-bond donors (Lipinski definition) is 1. The number of benzene rings is 2. The molecule has 2 aromatic heterocycles. The number of aromatic nitrogens is 3. The molecule has 2 heterocycles. The Morgan fingerprint density at radius 2 is 1.83 bits per heavy atom. The van der Waals surface area contributed by atoms with E-state index in [-0.39, 0.29) is 0 Å². The number of nitrogens with one attached hydrogen (secondary N) is 1. The molecule has 0 aliphatic carbocycles. The molecule has 86 valence electrons. The van der Waals surface area contributed by atoms with Gasteiger partial charge in [-0.05, 0) is 24.3 Å². The molecule has 1 N–H and O–H groups in total. The second-order valence-corrected chi connectivity index (χ2v) is 4.37. The largest absolute Gasteiger partial charge is 0.355 e. The van der Waals surface area contributed by atoms with Crippen LogP contribution in [0, 0.1) is 0 Å². The number of hydrogen-bond acceptors (Lipinski definition) is 1. The fourth-order valence-corrected chi connectivity index (χ4v) is 2.41. The number of H-pyrrole nitrogens is 1. The minimum Gasteiger partial charge on any atom is -0.355 e. The molecule has 3 heteroatoms. The lowest BCUT2D eigenvalue weighted by molar-refractivity contribution is 1.06. The Labute approximate surface area is 104 Å². The van der Waals surface area contributed by atoms with Crippen molar-refractivity contribution < 1.29 is 0 Å². The highest BCUT2D eigenvalue weighted by Gasteiger charge is 2.04. The van der Waals surface area contributed by atoms with Crippen LogP contribution in [0.5, 0.6) is 0 Å². The van der Waals surface area contributed by atoms with Crippen LogP contribution in [0.2, 0.25) is 0 Å². The first kappa shape index (κ1) is 9.48. The van der Waals surface area contributed by atoms with Crippen LogP contribution in [-0.2, 0) is 0 Å². The van der Waals surface area contributed by atoms with Gasteiger partial charge in [0.1, 0.15) is 0 Å². The first-order valence-corrected chi connectivity index (χ1v) is 5.91. The highest BCUT2D eigenvalue weighted by molar-refractivity contribution is 6.07. The zero-order valence-corrected chi connectivity index (χ0v) is 9.67. The molecule has 4 rings (SSSR count). The molecule has 0 aliphatic rings. The van der Waals surface area contributed by atoms with Crippen molar-refractivity contribution in [3.63, 3.8) is 0 Å². The van der Waals surface area contributed by atoms with E-state index in [1.807, 2.05) is 17.1 Å². The van der Waals surface area contributed by atoms with E-state index in [2.05, 4.69) is 52.4 Å². The molecule has 0 saturated heterocycles. The van der Waals surface area contributed by atoms with Gasteiger partial charge in [-0.15, -0.1) is 0 Å². The highest BCUT2D eigenvalue weighted by Crippen LogP contribution is 2.26. The van der Waals surface area contributed by atoms with Crippen LogP contribution < -0.4 is 0 Å². The van der Waals surface area contributed by atoms with E-state index in [1.54, 1.807) is 6.20 Å². The molecule has 0 atom stereocenters. The Kier molecular flexibility index (Phi) is 1.83. The lowest BCUT2D eigenvalue weighted by Gasteiger charge is -2.01. The highest BCUT2D eigenvalue weighted by atomic mass is 15.0. The summed E-state index contributed by atoms with van der Waals surface area (Å²) in [7, 11) is 0. The topological polar surface area (TPSA) is 33.6 Å². The molecule has 2 aromatic carbocycles. The number of imidazole rings is 1. The van der Waals surface area contributed by atoms with Crippen molar-refractivity contribution >= 4 is 21.8 Å².